The van der Waals surface area contributed by atoms with Crippen LogP contribution in [0.1, 0.15) is 0 Å². The van der Waals surface area contributed by atoms with Crippen LogP contribution >= 0.6 is 43.6 Å². The molecule has 0 spiro atoms. The molecule has 2 amide bonds. The molecule has 2 aliphatic rings. The number of nitrogens with one attached hydrogen (secondary N) is 1. The number of aromatic nitrogens is 1. The van der Waals surface area contributed by atoms with Crippen molar-refractivity contribution in [1.29, 1.82) is 0 Å². The molecule has 0 bridgehead atoms. The van der Waals surface area contributed by atoms with Crippen LogP contribution < -0.4 is 9.88 Å². The lowest BCUT2D eigenvalue weighted by Gasteiger charge is -2.49. The maximum atomic E-state index is 12.5. The molecule has 9 heteroatoms. The smallest absolute Gasteiger partial charge is 0.253 e. The first-order valence-electron chi connectivity index (χ1n) is 7.86. The van der Waals surface area contributed by atoms with Crippen molar-refractivity contribution in [2.24, 2.45) is 0 Å². The summed E-state index contributed by atoms with van der Waals surface area (Å²) in [6.07, 6.45) is 7.75. The SMILES string of the molecule is O=C(CBr)N[C@@H]1C(=O)N2C(C(=O)Br)=C(/C=C/C[n+]3ccccc3)CS[C@H]12. The molecule has 1 aromatic rings. The molecular formula is C17H16Br2N3O3S+. The van der Waals surface area contributed by atoms with Gasteiger partial charge in [-0.2, -0.15) is 0 Å². The molecule has 1 fully saturated rings. The molecule has 0 radical (unpaired) electrons. The van der Waals surface area contributed by atoms with Crippen LogP contribution in [0.15, 0.2) is 54.0 Å². The lowest BCUT2D eigenvalue weighted by atomic mass is 10.0. The van der Waals surface area contributed by atoms with E-state index >= 15 is 0 Å². The molecule has 0 aromatic carbocycles. The standard InChI is InChI=1S/C17H15Br2N3O3S/c18-9-12(23)20-13-16(25)22-14(15(19)24)11(10-26-17(13)22)5-4-8-21-6-2-1-3-7-21/h1-7,13,17H,8-10H2/p+1/b5-4+/t13-,17-/m1/s1. The summed E-state index contributed by atoms with van der Waals surface area (Å²) in [4.78, 5) is 37.6. The number of hydrogen-bond donors (Lipinski definition) is 1. The fourth-order valence-corrected chi connectivity index (χ4v) is 4.76. The molecule has 1 saturated heterocycles. The van der Waals surface area contributed by atoms with Crippen LogP contribution in [0.2, 0.25) is 0 Å². The number of pyridine rings is 1. The minimum atomic E-state index is -0.586. The molecule has 136 valence electrons. The summed E-state index contributed by atoms with van der Waals surface area (Å²) >= 11 is 7.60. The normalized spacial score (nSPS) is 22.2. The Balaban J connectivity index is 1.77. The highest BCUT2D eigenvalue weighted by Gasteiger charge is 2.53. The van der Waals surface area contributed by atoms with Gasteiger partial charge in [-0.15, -0.1) is 11.8 Å². The summed E-state index contributed by atoms with van der Waals surface area (Å²) in [5, 5.41) is 2.58. The molecule has 2 atom stereocenters. The molecule has 3 heterocycles. The van der Waals surface area contributed by atoms with Crippen LogP contribution in [0.5, 0.6) is 0 Å². The van der Waals surface area contributed by atoms with E-state index in [0.717, 1.165) is 5.57 Å². The minimum absolute atomic E-state index is 0.138. The third kappa shape index (κ3) is 3.94. The van der Waals surface area contributed by atoms with Crippen molar-refractivity contribution in [3.8, 4) is 0 Å². The lowest BCUT2D eigenvalue weighted by molar-refractivity contribution is -0.687. The van der Waals surface area contributed by atoms with Gasteiger partial charge in [0.1, 0.15) is 17.1 Å². The van der Waals surface area contributed by atoms with Gasteiger partial charge in [0.15, 0.2) is 18.9 Å². The van der Waals surface area contributed by atoms with Gasteiger partial charge in [-0.3, -0.25) is 19.3 Å². The van der Waals surface area contributed by atoms with Crippen molar-refractivity contribution in [1.82, 2.24) is 10.2 Å². The van der Waals surface area contributed by atoms with Crippen LogP contribution in [-0.4, -0.2) is 43.9 Å². The van der Waals surface area contributed by atoms with Crippen molar-refractivity contribution in [3.63, 3.8) is 0 Å². The third-order valence-electron chi connectivity index (χ3n) is 4.03. The zero-order valence-corrected chi connectivity index (χ0v) is 17.6. The van der Waals surface area contributed by atoms with Gasteiger partial charge in [-0.05, 0) is 27.6 Å². The third-order valence-corrected chi connectivity index (χ3v) is 6.22. The molecule has 0 aliphatic carbocycles. The van der Waals surface area contributed by atoms with Gasteiger partial charge < -0.3 is 5.32 Å². The number of alkyl halides is 1. The average Bonchev–Trinajstić information content (AvgIpc) is 2.65. The van der Waals surface area contributed by atoms with Crippen LogP contribution in [-0.2, 0) is 20.9 Å². The first-order valence-corrected chi connectivity index (χ1v) is 10.8. The number of rotatable bonds is 6. The largest absolute Gasteiger partial charge is 0.341 e. The predicted molar refractivity (Wildman–Crippen MR) is 106 cm³/mol. The highest BCUT2D eigenvalue weighted by Crippen LogP contribution is 2.41. The summed E-state index contributed by atoms with van der Waals surface area (Å²) in [7, 11) is 0. The van der Waals surface area contributed by atoms with Gasteiger partial charge in [0.25, 0.3) is 5.91 Å². The summed E-state index contributed by atoms with van der Waals surface area (Å²) in [5.74, 6) is 0.0881. The molecule has 1 N–H and O–H groups in total. The first-order chi connectivity index (χ1) is 12.5. The molecule has 0 saturated carbocycles. The second-order valence-corrected chi connectivity index (χ2v) is 8.10. The fourth-order valence-electron chi connectivity index (χ4n) is 2.84. The van der Waals surface area contributed by atoms with Crippen LogP contribution in [0.25, 0.3) is 0 Å². The van der Waals surface area contributed by atoms with Crippen LogP contribution in [0, 0.1) is 0 Å². The van der Waals surface area contributed by atoms with Crippen molar-refractivity contribution < 1.29 is 19.0 Å². The Morgan fingerprint density at radius 1 is 1.35 bits per heavy atom. The molecule has 1 aromatic heterocycles. The molecular weight excluding hydrogens is 486 g/mol. The summed E-state index contributed by atoms with van der Waals surface area (Å²) < 4.78 is 1.68. The Morgan fingerprint density at radius 3 is 2.73 bits per heavy atom. The number of carbonyl (C=O) groups is 3. The minimum Gasteiger partial charge on any atom is -0.341 e. The van der Waals surface area contributed by atoms with Crippen molar-refractivity contribution in [2.45, 2.75) is 18.0 Å². The average molecular weight is 502 g/mol. The van der Waals surface area contributed by atoms with Gasteiger partial charge in [-0.25, -0.2) is 4.57 Å². The second kappa shape index (κ2) is 8.49. The first kappa shape index (κ1) is 19.3. The number of β-lactam (4-membered cyclic amide) rings is 1. The topological polar surface area (TPSA) is 70.4 Å². The number of amides is 2. The summed E-state index contributed by atoms with van der Waals surface area (Å²) in [6, 6.07) is 5.25. The molecule has 2 aliphatic heterocycles. The van der Waals surface area contributed by atoms with Crippen molar-refractivity contribution >= 4 is 60.1 Å². The Hall–Kier alpha value is -1.45. The van der Waals surface area contributed by atoms with E-state index in [1.165, 1.54) is 16.7 Å². The number of halogens is 2. The van der Waals surface area contributed by atoms with E-state index in [-0.39, 0.29) is 27.2 Å². The van der Waals surface area contributed by atoms with Gasteiger partial charge in [0, 0.05) is 17.9 Å². The van der Waals surface area contributed by atoms with E-state index in [1.54, 1.807) is 0 Å². The van der Waals surface area contributed by atoms with Gasteiger partial charge in [0.2, 0.25) is 10.6 Å². The van der Waals surface area contributed by atoms with Gasteiger partial charge >= 0.3 is 0 Å². The quantitative estimate of drug-likeness (QED) is 0.277. The van der Waals surface area contributed by atoms with Crippen molar-refractivity contribution in [2.75, 3.05) is 11.1 Å². The highest BCUT2D eigenvalue weighted by atomic mass is 79.9. The Morgan fingerprint density at radius 2 is 2.08 bits per heavy atom. The van der Waals surface area contributed by atoms with Crippen LogP contribution in [0.4, 0.5) is 0 Å². The molecule has 3 rings (SSSR count). The molecule has 26 heavy (non-hydrogen) atoms. The van der Waals surface area contributed by atoms with Gasteiger partial charge in [-0.1, -0.05) is 28.1 Å². The van der Waals surface area contributed by atoms with E-state index in [2.05, 4.69) is 37.2 Å². The monoisotopic (exact) mass is 500 g/mol. The molecule has 6 nitrogen and oxygen atoms in total. The Bertz CT molecular complexity index is 798. The predicted octanol–water partition coefficient (Wildman–Crippen LogP) is 1.50. The maximum Gasteiger partial charge on any atom is 0.253 e. The summed E-state index contributed by atoms with van der Waals surface area (Å²) in [5.41, 5.74) is 1.15. The summed E-state index contributed by atoms with van der Waals surface area (Å²) in [6.45, 7) is 0.667. The number of nitrogens with zero attached hydrogens (tertiary/aromatic N) is 2. The van der Waals surface area contributed by atoms with Crippen molar-refractivity contribution in [3.05, 3.63) is 54.0 Å². The Labute approximate surface area is 172 Å². The van der Waals surface area contributed by atoms with Crippen LogP contribution in [0.3, 0.4) is 0 Å². The number of thioether (sulfide) groups is 1. The zero-order valence-electron chi connectivity index (χ0n) is 13.6. The number of fused-ring (bicyclic) bond motifs is 1. The number of allylic oxidation sites excluding steroid dienone is 3. The highest BCUT2D eigenvalue weighted by molar-refractivity contribution is 9.18. The lowest BCUT2D eigenvalue weighted by Crippen LogP contribution is -2.70. The van der Waals surface area contributed by atoms with E-state index < -0.39 is 6.04 Å². The van der Waals surface area contributed by atoms with Gasteiger partial charge in [0.05, 0.1) is 5.33 Å². The zero-order chi connectivity index (χ0) is 18.7. The van der Waals surface area contributed by atoms with E-state index in [4.69, 9.17) is 0 Å². The molecule has 0 unspecified atom stereocenters. The van der Waals surface area contributed by atoms with E-state index in [1.807, 2.05) is 47.3 Å². The number of hydrogen-bond acceptors (Lipinski definition) is 4. The second-order valence-electron chi connectivity index (χ2n) is 5.71. The van der Waals surface area contributed by atoms with E-state index in [0.29, 0.717) is 18.0 Å². The van der Waals surface area contributed by atoms with E-state index in [9.17, 15) is 14.4 Å². The number of carbonyl (C=O) groups excluding carboxylic acids is 3. The fraction of sp³-hybridized carbons (Fsp3) is 0.294. The Kier molecular flexibility index (Phi) is 6.31. The maximum absolute atomic E-state index is 12.5.